The molecule has 1 rings (SSSR count). The SMILES string of the molecule is CC(C)CC(C)(O)CNC(=O)c1ccc([N+](=O)[O-])cc1. The number of aliphatic hydroxyl groups is 1. The fourth-order valence-corrected chi connectivity index (χ4v) is 2.06. The number of benzene rings is 1. The van der Waals surface area contributed by atoms with Crippen LogP contribution in [-0.2, 0) is 0 Å². The molecular formula is C14H20N2O4. The van der Waals surface area contributed by atoms with Gasteiger partial charge < -0.3 is 10.4 Å². The first-order valence-corrected chi connectivity index (χ1v) is 6.46. The van der Waals surface area contributed by atoms with Crippen LogP contribution in [0.25, 0.3) is 0 Å². The molecule has 1 aromatic rings. The zero-order valence-corrected chi connectivity index (χ0v) is 11.9. The molecule has 0 aliphatic rings. The molecule has 0 radical (unpaired) electrons. The van der Waals surface area contributed by atoms with Crippen LogP contribution in [0.15, 0.2) is 24.3 Å². The van der Waals surface area contributed by atoms with E-state index in [9.17, 15) is 20.0 Å². The van der Waals surface area contributed by atoms with Gasteiger partial charge >= 0.3 is 0 Å². The van der Waals surface area contributed by atoms with Crippen molar-refractivity contribution in [2.75, 3.05) is 6.54 Å². The second-order valence-corrected chi connectivity index (χ2v) is 5.58. The Labute approximate surface area is 118 Å². The highest BCUT2D eigenvalue weighted by Crippen LogP contribution is 2.16. The topological polar surface area (TPSA) is 92.5 Å². The van der Waals surface area contributed by atoms with Crippen molar-refractivity contribution >= 4 is 11.6 Å². The summed E-state index contributed by atoms with van der Waals surface area (Å²) in [7, 11) is 0. The van der Waals surface area contributed by atoms with Crippen molar-refractivity contribution in [2.45, 2.75) is 32.8 Å². The van der Waals surface area contributed by atoms with E-state index in [4.69, 9.17) is 0 Å². The zero-order valence-electron chi connectivity index (χ0n) is 11.9. The summed E-state index contributed by atoms with van der Waals surface area (Å²) in [6, 6.07) is 5.34. The highest BCUT2D eigenvalue weighted by atomic mass is 16.6. The Morgan fingerprint density at radius 2 is 1.95 bits per heavy atom. The van der Waals surface area contributed by atoms with Crippen LogP contribution in [0.5, 0.6) is 0 Å². The summed E-state index contributed by atoms with van der Waals surface area (Å²) >= 11 is 0. The van der Waals surface area contributed by atoms with Gasteiger partial charge in [-0.3, -0.25) is 14.9 Å². The third-order valence-corrected chi connectivity index (χ3v) is 2.82. The predicted octanol–water partition coefficient (Wildman–Crippen LogP) is 2.12. The molecule has 1 atom stereocenters. The Kier molecular flexibility index (Phi) is 5.21. The summed E-state index contributed by atoms with van der Waals surface area (Å²) in [5.41, 5.74) is -0.700. The summed E-state index contributed by atoms with van der Waals surface area (Å²) in [6.45, 7) is 5.79. The third-order valence-electron chi connectivity index (χ3n) is 2.82. The molecule has 0 bridgehead atoms. The van der Waals surface area contributed by atoms with Crippen LogP contribution in [0.1, 0.15) is 37.6 Å². The summed E-state index contributed by atoms with van der Waals surface area (Å²) < 4.78 is 0. The molecule has 0 spiro atoms. The van der Waals surface area contributed by atoms with Gasteiger partial charge in [0.25, 0.3) is 11.6 Å². The van der Waals surface area contributed by atoms with Gasteiger partial charge in [-0.25, -0.2) is 0 Å². The maximum Gasteiger partial charge on any atom is 0.269 e. The van der Waals surface area contributed by atoms with E-state index < -0.39 is 10.5 Å². The van der Waals surface area contributed by atoms with Gasteiger partial charge in [0.15, 0.2) is 0 Å². The lowest BCUT2D eigenvalue weighted by Gasteiger charge is -2.25. The van der Waals surface area contributed by atoms with Crippen molar-refractivity contribution in [3.05, 3.63) is 39.9 Å². The molecule has 0 aliphatic carbocycles. The average Bonchev–Trinajstić information content (AvgIpc) is 2.34. The minimum absolute atomic E-state index is 0.0617. The minimum Gasteiger partial charge on any atom is -0.388 e. The number of hydrogen-bond acceptors (Lipinski definition) is 4. The Balaban J connectivity index is 2.61. The van der Waals surface area contributed by atoms with Crippen LogP contribution >= 0.6 is 0 Å². The summed E-state index contributed by atoms with van der Waals surface area (Å²) in [4.78, 5) is 21.9. The first-order chi connectivity index (χ1) is 9.21. The van der Waals surface area contributed by atoms with E-state index in [1.165, 1.54) is 24.3 Å². The van der Waals surface area contributed by atoms with Gasteiger partial charge in [0.2, 0.25) is 0 Å². The monoisotopic (exact) mass is 280 g/mol. The molecule has 6 nitrogen and oxygen atoms in total. The molecule has 0 saturated heterocycles. The predicted molar refractivity (Wildman–Crippen MR) is 75.5 cm³/mol. The van der Waals surface area contributed by atoms with E-state index >= 15 is 0 Å². The highest BCUT2D eigenvalue weighted by Gasteiger charge is 2.22. The minimum atomic E-state index is -0.968. The lowest BCUT2D eigenvalue weighted by atomic mass is 9.94. The van der Waals surface area contributed by atoms with Crippen LogP contribution in [0.3, 0.4) is 0 Å². The van der Waals surface area contributed by atoms with E-state index in [-0.39, 0.29) is 18.1 Å². The molecule has 0 heterocycles. The van der Waals surface area contributed by atoms with Gasteiger partial charge in [0, 0.05) is 24.2 Å². The molecule has 6 heteroatoms. The highest BCUT2D eigenvalue weighted by molar-refractivity contribution is 5.94. The number of non-ortho nitro benzene ring substituents is 1. The van der Waals surface area contributed by atoms with Crippen molar-refractivity contribution in [1.82, 2.24) is 5.32 Å². The van der Waals surface area contributed by atoms with Gasteiger partial charge in [0.05, 0.1) is 10.5 Å². The number of nitro benzene ring substituents is 1. The third kappa shape index (κ3) is 4.97. The molecule has 1 amide bonds. The molecule has 0 aliphatic heterocycles. The Morgan fingerprint density at radius 3 is 2.40 bits per heavy atom. The molecule has 0 fully saturated rings. The van der Waals surface area contributed by atoms with Crippen LogP contribution in [0, 0.1) is 16.0 Å². The van der Waals surface area contributed by atoms with Crippen LogP contribution in [-0.4, -0.2) is 28.1 Å². The van der Waals surface area contributed by atoms with Crippen LogP contribution < -0.4 is 5.32 Å². The molecule has 0 aromatic heterocycles. The van der Waals surface area contributed by atoms with Crippen molar-refractivity contribution < 1.29 is 14.8 Å². The Morgan fingerprint density at radius 1 is 1.40 bits per heavy atom. The van der Waals surface area contributed by atoms with E-state index in [2.05, 4.69) is 5.32 Å². The zero-order chi connectivity index (χ0) is 15.3. The summed E-state index contributed by atoms with van der Waals surface area (Å²) in [5, 5.41) is 23.2. The molecule has 110 valence electrons. The van der Waals surface area contributed by atoms with E-state index in [1.54, 1.807) is 6.92 Å². The number of rotatable bonds is 6. The van der Waals surface area contributed by atoms with Gasteiger partial charge in [-0.1, -0.05) is 13.8 Å². The number of nitrogens with zero attached hydrogens (tertiary/aromatic N) is 1. The number of carbonyl (C=O) groups excluding carboxylic acids is 1. The van der Waals surface area contributed by atoms with E-state index in [0.29, 0.717) is 17.9 Å². The molecule has 2 N–H and O–H groups in total. The van der Waals surface area contributed by atoms with E-state index in [1.807, 2.05) is 13.8 Å². The second-order valence-electron chi connectivity index (χ2n) is 5.58. The van der Waals surface area contributed by atoms with Crippen LogP contribution in [0.4, 0.5) is 5.69 Å². The Bertz CT molecular complexity index is 480. The first kappa shape index (κ1) is 16.1. The van der Waals surface area contributed by atoms with Crippen molar-refractivity contribution in [2.24, 2.45) is 5.92 Å². The first-order valence-electron chi connectivity index (χ1n) is 6.46. The molecule has 0 saturated carbocycles. The van der Waals surface area contributed by atoms with Crippen molar-refractivity contribution in [3.63, 3.8) is 0 Å². The molecule has 20 heavy (non-hydrogen) atoms. The number of carbonyl (C=O) groups is 1. The molecular weight excluding hydrogens is 260 g/mol. The molecule has 1 aromatic carbocycles. The number of hydrogen-bond donors (Lipinski definition) is 2. The normalized spacial score (nSPS) is 13.8. The van der Waals surface area contributed by atoms with Gasteiger partial charge in [-0.15, -0.1) is 0 Å². The van der Waals surface area contributed by atoms with Crippen molar-refractivity contribution in [3.8, 4) is 0 Å². The number of amides is 1. The van der Waals surface area contributed by atoms with E-state index in [0.717, 1.165) is 0 Å². The van der Waals surface area contributed by atoms with Crippen molar-refractivity contribution in [1.29, 1.82) is 0 Å². The van der Waals surface area contributed by atoms with Gasteiger partial charge in [0.1, 0.15) is 0 Å². The Hall–Kier alpha value is -1.95. The van der Waals surface area contributed by atoms with Gasteiger partial charge in [-0.05, 0) is 31.4 Å². The summed E-state index contributed by atoms with van der Waals surface area (Å²) in [6.07, 6.45) is 0.577. The maximum atomic E-state index is 11.9. The standard InChI is InChI=1S/C14H20N2O4/c1-10(2)8-14(3,18)9-15-13(17)11-4-6-12(7-5-11)16(19)20/h4-7,10,18H,8-9H2,1-3H3,(H,15,17). The lowest BCUT2D eigenvalue weighted by molar-refractivity contribution is -0.384. The molecule has 1 unspecified atom stereocenters. The average molecular weight is 280 g/mol. The fourth-order valence-electron chi connectivity index (χ4n) is 2.06. The second kappa shape index (κ2) is 6.47. The summed E-state index contributed by atoms with van der Waals surface area (Å²) in [5.74, 6) is -0.0368. The smallest absolute Gasteiger partial charge is 0.269 e. The number of nitrogens with one attached hydrogen (secondary N) is 1. The quantitative estimate of drug-likeness (QED) is 0.616. The fraction of sp³-hybridized carbons (Fsp3) is 0.500. The van der Waals surface area contributed by atoms with Crippen LogP contribution in [0.2, 0.25) is 0 Å². The largest absolute Gasteiger partial charge is 0.388 e. The van der Waals surface area contributed by atoms with Gasteiger partial charge in [-0.2, -0.15) is 0 Å². The maximum absolute atomic E-state index is 11.9. The number of nitro groups is 1. The lowest BCUT2D eigenvalue weighted by Crippen LogP contribution is -2.41.